The predicted molar refractivity (Wildman–Crippen MR) is 61.7 cm³/mol. The van der Waals surface area contributed by atoms with Gasteiger partial charge in [-0.05, 0) is 25.0 Å². The summed E-state index contributed by atoms with van der Waals surface area (Å²) in [5.74, 6) is 0.207. The highest BCUT2D eigenvalue weighted by Gasteiger charge is 2.09. The van der Waals surface area contributed by atoms with Crippen molar-refractivity contribution in [2.75, 3.05) is 12.5 Å². The molecule has 0 bridgehead atoms. The molecule has 0 atom stereocenters. The minimum absolute atomic E-state index is 0.379. The zero-order valence-electron chi connectivity index (χ0n) is 8.21. The smallest absolute Gasteiger partial charge is 0.339 e. The first-order valence-corrected chi connectivity index (χ1v) is 5.64. The van der Waals surface area contributed by atoms with Crippen molar-refractivity contribution < 1.29 is 9.53 Å². The SMILES string of the molecule is O=C(OCCCCCl)c1ccccc1Cl. The maximum absolute atomic E-state index is 11.5. The second-order valence-electron chi connectivity index (χ2n) is 3.01. The van der Waals surface area contributed by atoms with Crippen LogP contribution in [0.15, 0.2) is 24.3 Å². The molecule has 0 saturated heterocycles. The van der Waals surface area contributed by atoms with Crippen LogP contribution in [-0.2, 0) is 4.74 Å². The minimum atomic E-state index is -0.379. The Morgan fingerprint density at radius 1 is 1.27 bits per heavy atom. The first-order chi connectivity index (χ1) is 7.25. The molecule has 0 unspecified atom stereocenters. The summed E-state index contributed by atoms with van der Waals surface area (Å²) in [6.45, 7) is 0.386. The van der Waals surface area contributed by atoms with Crippen molar-refractivity contribution in [3.63, 3.8) is 0 Å². The molecule has 0 N–H and O–H groups in total. The van der Waals surface area contributed by atoms with Gasteiger partial charge in [-0.25, -0.2) is 4.79 Å². The van der Waals surface area contributed by atoms with Crippen LogP contribution in [0, 0.1) is 0 Å². The van der Waals surface area contributed by atoms with Gasteiger partial charge in [0.1, 0.15) is 0 Å². The first kappa shape index (κ1) is 12.3. The highest BCUT2D eigenvalue weighted by molar-refractivity contribution is 6.33. The number of ether oxygens (including phenoxy) is 1. The maximum Gasteiger partial charge on any atom is 0.339 e. The summed E-state index contributed by atoms with van der Waals surface area (Å²) in [7, 11) is 0. The third-order valence-corrected chi connectivity index (χ3v) is 2.45. The van der Waals surface area contributed by atoms with Gasteiger partial charge in [-0.15, -0.1) is 11.6 Å². The molecule has 0 fully saturated rings. The number of unbranched alkanes of at least 4 members (excludes halogenated alkanes) is 1. The fourth-order valence-electron chi connectivity index (χ4n) is 1.07. The topological polar surface area (TPSA) is 26.3 Å². The summed E-state index contributed by atoms with van der Waals surface area (Å²) < 4.78 is 5.03. The summed E-state index contributed by atoms with van der Waals surface area (Å²) in [5.41, 5.74) is 0.407. The van der Waals surface area contributed by atoms with Crippen molar-refractivity contribution in [1.29, 1.82) is 0 Å². The Balaban J connectivity index is 2.44. The van der Waals surface area contributed by atoms with Crippen LogP contribution in [0.2, 0.25) is 5.02 Å². The van der Waals surface area contributed by atoms with E-state index in [4.69, 9.17) is 27.9 Å². The third-order valence-electron chi connectivity index (χ3n) is 1.85. The Bertz CT molecular complexity index is 326. The molecule has 0 heterocycles. The van der Waals surface area contributed by atoms with Gasteiger partial charge in [0.2, 0.25) is 0 Å². The van der Waals surface area contributed by atoms with Gasteiger partial charge in [-0.1, -0.05) is 23.7 Å². The zero-order chi connectivity index (χ0) is 11.1. The number of hydrogen-bond acceptors (Lipinski definition) is 2. The van der Waals surface area contributed by atoms with E-state index in [9.17, 15) is 4.79 Å². The van der Waals surface area contributed by atoms with Crippen LogP contribution in [0.5, 0.6) is 0 Å². The molecular formula is C11H12Cl2O2. The normalized spacial score (nSPS) is 10.0. The Kier molecular flexibility index (Phi) is 5.51. The molecule has 0 saturated carbocycles. The third kappa shape index (κ3) is 4.10. The van der Waals surface area contributed by atoms with Crippen molar-refractivity contribution >= 4 is 29.2 Å². The second-order valence-corrected chi connectivity index (χ2v) is 3.80. The molecule has 0 radical (unpaired) electrons. The molecule has 15 heavy (non-hydrogen) atoms. The monoisotopic (exact) mass is 246 g/mol. The summed E-state index contributed by atoms with van der Waals surface area (Å²) in [4.78, 5) is 11.5. The minimum Gasteiger partial charge on any atom is -0.462 e. The number of carbonyl (C=O) groups excluding carboxylic acids is 1. The number of esters is 1. The van der Waals surface area contributed by atoms with Crippen LogP contribution >= 0.6 is 23.2 Å². The van der Waals surface area contributed by atoms with Crippen molar-refractivity contribution in [3.05, 3.63) is 34.9 Å². The molecule has 0 aliphatic heterocycles. The zero-order valence-corrected chi connectivity index (χ0v) is 9.72. The Hall–Kier alpha value is -0.730. The van der Waals surface area contributed by atoms with Crippen LogP contribution in [0.25, 0.3) is 0 Å². The van der Waals surface area contributed by atoms with Crippen molar-refractivity contribution in [1.82, 2.24) is 0 Å². The number of carbonyl (C=O) groups is 1. The van der Waals surface area contributed by atoms with Gasteiger partial charge in [0.25, 0.3) is 0 Å². The number of alkyl halides is 1. The molecular weight excluding hydrogens is 235 g/mol. The Labute approximate surface area is 99.1 Å². The summed E-state index contributed by atoms with van der Waals surface area (Å²) in [5, 5.41) is 0.417. The highest BCUT2D eigenvalue weighted by Crippen LogP contribution is 2.15. The molecule has 0 spiro atoms. The maximum atomic E-state index is 11.5. The van der Waals surface area contributed by atoms with Gasteiger partial charge in [0.05, 0.1) is 17.2 Å². The molecule has 1 rings (SSSR count). The van der Waals surface area contributed by atoms with E-state index in [1.165, 1.54) is 0 Å². The molecule has 2 nitrogen and oxygen atoms in total. The number of halogens is 2. The van der Waals surface area contributed by atoms with E-state index in [0.29, 0.717) is 23.1 Å². The van der Waals surface area contributed by atoms with E-state index in [2.05, 4.69) is 0 Å². The summed E-state index contributed by atoms with van der Waals surface area (Å²) >= 11 is 11.3. The molecule has 1 aromatic carbocycles. The molecule has 1 aromatic rings. The lowest BCUT2D eigenvalue weighted by Crippen LogP contribution is -2.07. The number of rotatable bonds is 5. The van der Waals surface area contributed by atoms with Gasteiger partial charge in [0, 0.05) is 5.88 Å². The number of benzene rings is 1. The predicted octanol–water partition coefficient (Wildman–Crippen LogP) is 3.52. The highest BCUT2D eigenvalue weighted by atomic mass is 35.5. The van der Waals surface area contributed by atoms with Gasteiger partial charge < -0.3 is 4.74 Å². The van der Waals surface area contributed by atoms with E-state index < -0.39 is 0 Å². The fraction of sp³-hybridized carbons (Fsp3) is 0.364. The lowest BCUT2D eigenvalue weighted by atomic mass is 10.2. The van der Waals surface area contributed by atoms with E-state index in [-0.39, 0.29) is 5.97 Å². The second kappa shape index (κ2) is 6.70. The van der Waals surface area contributed by atoms with Crippen LogP contribution in [0.1, 0.15) is 23.2 Å². The summed E-state index contributed by atoms with van der Waals surface area (Å²) in [6.07, 6.45) is 1.62. The van der Waals surface area contributed by atoms with Crippen molar-refractivity contribution in [3.8, 4) is 0 Å². The van der Waals surface area contributed by atoms with Crippen molar-refractivity contribution in [2.45, 2.75) is 12.8 Å². The van der Waals surface area contributed by atoms with E-state index in [1.54, 1.807) is 24.3 Å². The van der Waals surface area contributed by atoms with Gasteiger partial charge in [0.15, 0.2) is 0 Å². The average molecular weight is 247 g/mol. The molecule has 0 aliphatic rings. The fourth-order valence-corrected chi connectivity index (χ4v) is 1.47. The molecule has 0 aliphatic carbocycles. The van der Waals surface area contributed by atoms with Gasteiger partial charge >= 0.3 is 5.97 Å². The standard InChI is InChI=1S/C11H12Cl2O2/c12-7-3-4-8-15-11(14)9-5-1-2-6-10(9)13/h1-2,5-6H,3-4,7-8H2. The Morgan fingerprint density at radius 2 is 2.00 bits per heavy atom. The summed E-state index contributed by atoms with van der Waals surface area (Å²) in [6, 6.07) is 6.83. The van der Waals surface area contributed by atoms with Crippen LogP contribution in [0.4, 0.5) is 0 Å². The molecule has 0 aromatic heterocycles. The van der Waals surface area contributed by atoms with Crippen LogP contribution in [-0.4, -0.2) is 18.5 Å². The van der Waals surface area contributed by atoms with Crippen molar-refractivity contribution in [2.24, 2.45) is 0 Å². The molecule has 4 heteroatoms. The van der Waals surface area contributed by atoms with E-state index >= 15 is 0 Å². The number of hydrogen-bond donors (Lipinski definition) is 0. The average Bonchev–Trinajstić information content (AvgIpc) is 2.25. The lowest BCUT2D eigenvalue weighted by Gasteiger charge is -2.05. The molecule has 82 valence electrons. The molecule has 0 amide bonds. The van der Waals surface area contributed by atoms with E-state index in [1.807, 2.05) is 0 Å². The van der Waals surface area contributed by atoms with Gasteiger partial charge in [-0.2, -0.15) is 0 Å². The van der Waals surface area contributed by atoms with E-state index in [0.717, 1.165) is 12.8 Å². The largest absolute Gasteiger partial charge is 0.462 e. The quantitative estimate of drug-likeness (QED) is 0.452. The first-order valence-electron chi connectivity index (χ1n) is 4.73. The van der Waals surface area contributed by atoms with Crippen LogP contribution < -0.4 is 0 Å². The Morgan fingerprint density at radius 3 is 2.67 bits per heavy atom. The lowest BCUT2D eigenvalue weighted by molar-refractivity contribution is 0.0500. The van der Waals surface area contributed by atoms with Crippen LogP contribution in [0.3, 0.4) is 0 Å². The van der Waals surface area contributed by atoms with Gasteiger partial charge in [-0.3, -0.25) is 0 Å².